The van der Waals surface area contributed by atoms with E-state index in [1.807, 2.05) is 6.07 Å². The molecule has 1 saturated heterocycles. The van der Waals surface area contributed by atoms with Crippen molar-refractivity contribution in [3.8, 4) is 0 Å². The van der Waals surface area contributed by atoms with E-state index in [4.69, 9.17) is 27.9 Å². The van der Waals surface area contributed by atoms with E-state index in [1.54, 1.807) is 36.4 Å². The van der Waals surface area contributed by atoms with Gasteiger partial charge in [-0.1, -0.05) is 62.2 Å². The maximum Gasteiger partial charge on any atom is 0.261 e. The maximum atomic E-state index is 13.1. The first kappa shape index (κ1) is 22.3. The molecule has 31 heavy (non-hydrogen) atoms. The predicted octanol–water partition coefficient (Wildman–Crippen LogP) is 4.91. The van der Waals surface area contributed by atoms with Crippen LogP contribution in [-0.4, -0.2) is 42.5 Å². The summed E-state index contributed by atoms with van der Waals surface area (Å²) in [5.41, 5.74) is 0.590. The highest BCUT2D eigenvalue weighted by Gasteiger charge is 2.46. The fraction of sp³-hybridized carbons (Fsp3) is 0.417. The first-order chi connectivity index (χ1) is 14.6. The molecular formula is C24H26Cl2N2O3. The number of benzene rings is 2. The third-order valence-electron chi connectivity index (χ3n) is 6.11. The molecule has 2 unspecified atom stereocenters. The van der Waals surface area contributed by atoms with Gasteiger partial charge in [0.1, 0.15) is 5.60 Å². The number of imide groups is 1. The number of nitrogens with one attached hydrogen (secondary N) is 1. The first-order valence-electron chi connectivity index (χ1n) is 10.4. The maximum absolute atomic E-state index is 13.1. The number of fused-ring (bicyclic) bond motifs is 1. The minimum Gasteiger partial charge on any atom is -0.363 e. The molecule has 2 aromatic rings. The molecule has 1 N–H and O–H groups in total. The van der Waals surface area contributed by atoms with E-state index >= 15 is 0 Å². The minimum absolute atomic E-state index is 0.103. The molecule has 0 bridgehead atoms. The van der Waals surface area contributed by atoms with E-state index in [-0.39, 0.29) is 29.9 Å². The topological polar surface area (TPSA) is 58.6 Å². The molecule has 0 spiro atoms. The van der Waals surface area contributed by atoms with Crippen LogP contribution in [0.15, 0.2) is 42.5 Å². The van der Waals surface area contributed by atoms with E-state index in [0.717, 1.165) is 5.56 Å². The Bertz CT molecular complexity index is 999. The molecule has 2 atom stereocenters. The van der Waals surface area contributed by atoms with Crippen LogP contribution in [0.5, 0.6) is 0 Å². The lowest BCUT2D eigenvalue weighted by atomic mass is 9.86. The van der Waals surface area contributed by atoms with Gasteiger partial charge in [-0.25, -0.2) is 0 Å². The Hall–Kier alpha value is -1.92. The Morgan fingerprint density at radius 1 is 1.06 bits per heavy atom. The van der Waals surface area contributed by atoms with Gasteiger partial charge in [-0.3, -0.25) is 14.5 Å². The highest BCUT2D eigenvalue weighted by atomic mass is 35.5. The highest BCUT2D eigenvalue weighted by Crippen LogP contribution is 2.40. The third kappa shape index (κ3) is 4.12. The Labute approximate surface area is 192 Å². The zero-order valence-electron chi connectivity index (χ0n) is 17.9. The van der Waals surface area contributed by atoms with Crippen LogP contribution in [-0.2, 0) is 10.3 Å². The third-order valence-corrected chi connectivity index (χ3v) is 6.85. The van der Waals surface area contributed by atoms with Gasteiger partial charge in [-0.15, -0.1) is 0 Å². The van der Waals surface area contributed by atoms with Crippen molar-refractivity contribution >= 4 is 35.0 Å². The summed E-state index contributed by atoms with van der Waals surface area (Å²) in [5.74, 6) is -0.596. The van der Waals surface area contributed by atoms with E-state index in [2.05, 4.69) is 26.1 Å². The summed E-state index contributed by atoms with van der Waals surface area (Å²) in [5, 5.41) is 4.30. The zero-order valence-corrected chi connectivity index (χ0v) is 19.4. The van der Waals surface area contributed by atoms with Gasteiger partial charge in [0.15, 0.2) is 0 Å². The van der Waals surface area contributed by atoms with Crippen LogP contribution in [0, 0.1) is 5.41 Å². The predicted molar refractivity (Wildman–Crippen MR) is 122 cm³/mol. The molecule has 164 valence electrons. The van der Waals surface area contributed by atoms with Gasteiger partial charge in [0.25, 0.3) is 11.8 Å². The number of carbonyl (C=O) groups excluding carboxylic acids is 2. The second-order valence-corrected chi connectivity index (χ2v) is 10.1. The van der Waals surface area contributed by atoms with Gasteiger partial charge in [0.05, 0.1) is 33.8 Å². The van der Waals surface area contributed by atoms with E-state index < -0.39 is 5.60 Å². The van der Waals surface area contributed by atoms with Crippen molar-refractivity contribution in [1.29, 1.82) is 0 Å². The normalized spacial score (nSPS) is 24.3. The van der Waals surface area contributed by atoms with Gasteiger partial charge in [-0.05, 0) is 48.2 Å². The van der Waals surface area contributed by atoms with Crippen molar-refractivity contribution in [3.05, 3.63) is 69.2 Å². The van der Waals surface area contributed by atoms with E-state index in [9.17, 15) is 9.59 Å². The second kappa shape index (κ2) is 8.21. The number of carbonyl (C=O) groups is 2. The largest absolute Gasteiger partial charge is 0.363 e. The fourth-order valence-corrected chi connectivity index (χ4v) is 4.52. The molecule has 0 aromatic heterocycles. The standard InChI is InChI=1S/C24H26Cl2N2O3/c1-23(2,3)20-13-27-11-10-24(31-20,15-8-9-18(25)19(26)12-15)14-28-21(29)16-6-4-5-7-17(16)22(28)30/h4-9,12,20,27H,10-11,13-14H2,1-3H3. The average Bonchev–Trinajstić information content (AvgIpc) is 2.89. The molecule has 2 heterocycles. The number of ether oxygens (including phenoxy) is 1. The van der Waals surface area contributed by atoms with Crippen molar-refractivity contribution < 1.29 is 14.3 Å². The summed E-state index contributed by atoms with van der Waals surface area (Å²) in [6.45, 7) is 7.81. The summed E-state index contributed by atoms with van der Waals surface area (Å²) in [6.07, 6.45) is 0.435. The van der Waals surface area contributed by atoms with Crippen LogP contribution in [0.2, 0.25) is 10.0 Å². The number of hydrogen-bond donors (Lipinski definition) is 1. The van der Waals surface area contributed by atoms with Crippen LogP contribution in [0.1, 0.15) is 53.5 Å². The number of rotatable bonds is 3. The van der Waals surface area contributed by atoms with Crippen LogP contribution in [0.4, 0.5) is 0 Å². The van der Waals surface area contributed by atoms with Crippen LogP contribution in [0.3, 0.4) is 0 Å². The van der Waals surface area contributed by atoms with E-state index in [1.165, 1.54) is 4.90 Å². The highest BCUT2D eigenvalue weighted by molar-refractivity contribution is 6.42. The molecule has 1 fully saturated rings. The molecule has 2 aliphatic rings. The lowest BCUT2D eigenvalue weighted by molar-refractivity contribution is -0.133. The van der Waals surface area contributed by atoms with Crippen LogP contribution < -0.4 is 5.32 Å². The van der Waals surface area contributed by atoms with Crippen molar-refractivity contribution in [2.24, 2.45) is 5.41 Å². The Morgan fingerprint density at radius 2 is 1.71 bits per heavy atom. The average molecular weight is 461 g/mol. The van der Waals surface area contributed by atoms with Gasteiger partial charge in [0.2, 0.25) is 0 Å². The number of nitrogens with zero attached hydrogens (tertiary/aromatic N) is 1. The summed E-state index contributed by atoms with van der Waals surface area (Å²) < 4.78 is 6.79. The smallest absolute Gasteiger partial charge is 0.261 e. The molecule has 0 saturated carbocycles. The number of hydrogen-bond acceptors (Lipinski definition) is 4. The number of halogens is 2. The molecule has 0 aliphatic carbocycles. The van der Waals surface area contributed by atoms with Crippen molar-refractivity contribution in [2.75, 3.05) is 19.6 Å². The van der Waals surface area contributed by atoms with Crippen molar-refractivity contribution in [3.63, 3.8) is 0 Å². The molecule has 2 amide bonds. The van der Waals surface area contributed by atoms with Crippen molar-refractivity contribution in [1.82, 2.24) is 10.2 Å². The quantitative estimate of drug-likeness (QED) is 0.660. The molecular weight excluding hydrogens is 435 g/mol. The molecule has 2 aliphatic heterocycles. The summed E-state index contributed by atoms with van der Waals surface area (Å²) in [6, 6.07) is 12.3. The van der Waals surface area contributed by atoms with E-state index in [0.29, 0.717) is 40.7 Å². The summed E-state index contributed by atoms with van der Waals surface area (Å²) in [4.78, 5) is 27.6. The Kier molecular flexibility index (Phi) is 5.90. The number of amides is 2. The van der Waals surface area contributed by atoms with Crippen LogP contribution >= 0.6 is 23.2 Å². The summed E-state index contributed by atoms with van der Waals surface area (Å²) >= 11 is 12.5. The van der Waals surface area contributed by atoms with Crippen molar-refractivity contribution in [2.45, 2.75) is 38.9 Å². The van der Waals surface area contributed by atoms with Gasteiger partial charge in [0, 0.05) is 6.54 Å². The molecule has 2 aromatic carbocycles. The lowest BCUT2D eigenvalue weighted by Gasteiger charge is -2.41. The van der Waals surface area contributed by atoms with Gasteiger partial charge < -0.3 is 10.1 Å². The SMILES string of the molecule is CC(C)(C)C1CNCCC(CN2C(=O)c3ccccc3C2=O)(c2ccc(Cl)c(Cl)c2)O1. The first-order valence-corrected chi connectivity index (χ1v) is 11.2. The van der Waals surface area contributed by atoms with Gasteiger partial charge >= 0.3 is 0 Å². The summed E-state index contributed by atoms with van der Waals surface area (Å²) in [7, 11) is 0. The molecule has 0 radical (unpaired) electrons. The Morgan fingerprint density at radius 3 is 2.29 bits per heavy atom. The second-order valence-electron chi connectivity index (χ2n) is 9.29. The minimum atomic E-state index is -0.914. The Balaban J connectivity index is 1.79. The lowest BCUT2D eigenvalue weighted by Crippen LogP contribution is -2.49. The molecule has 4 rings (SSSR count). The van der Waals surface area contributed by atoms with Gasteiger partial charge in [-0.2, -0.15) is 0 Å². The fourth-order valence-electron chi connectivity index (χ4n) is 4.22. The molecule has 5 nitrogen and oxygen atoms in total. The molecule has 7 heteroatoms. The zero-order chi connectivity index (χ0) is 22.4. The monoisotopic (exact) mass is 460 g/mol. The van der Waals surface area contributed by atoms with Crippen LogP contribution in [0.25, 0.3) is 0 Å².